The highest BCUT2D eigenvalue weighted by molar-refractivity contribution is 5.80. The van der Waals surface area contributed by atoms with Gasteiger partial charge in [-0.3, -0.25) is 4.79 Å². The van der Waals surface area contributed by atoms with E-state index in [0.717, 1.165) is 44.9 Å². The minimum absolute atomic E-state index is 0.365. The molecule has 5 N–H and O–H groups in total. The molecule has 0 aliphatic carbocycles. The largest absolute Gasteiger partial charge is 0.394 e. The summed E-state index contributed by atoms with van der Waals surface area (Å²) in [4.78, 5) is 12.6. The van der Waals surface area contributed by atoms with Gasteiger partial charge in [0.15, 0.2) is 0 Å². The zero-order valence-electron chi connectivity index (χ0n) is 50.6. The fourth-order valence-electron chi connectivity index (χ4n) is 10.8. The summed E-state index contributed by atoms with van der Waals surface area (Å²) >= 11 is 0. The molecule has 444 valence electrons. The van der Waals surface area contributed by atoms with Gasteiger partial charge in [-0.2, -0.15) is 0 Å². The first-order valence-electron chi connectivity index (χ1n) is 33.9. The molecule has 0 bridgehead atoms. The third kappa shape index (κ3) is 57.0. The molecule has 0 saturated carbocycles. The number of carbonyl (C=O) groups is 1. The third-order valence-corrected chi connectivity index (χ3v) is 16.1. The lowest BCUT2D eigenvalue weighted by Gasteiger charge is -2.27. The van der Waals surface area contributed by atoms with Crippen molar-refractivity contribution in [3.05, 3.63) is 36.5 Å². The molecule has 0 aliphatic heterocycles. The maximum absolute atomic E-state index is 12.6. The molecule has 0 aromatic heterocycles. The van der Waals surface area contributed by atoms with Crippen molar-refractivity contribution in [1.29, 1.82) is 0 Å². The molecule has 0 aliphatic rings. The van der Waals surface area contributed by atoms with Gasteiger partial charge in [0.25, 0.3) is 0 Å². The van der Waals surface area contributed by atoms with Crippen molar-refractivity contribution in [2.24, 2.45) is 0 Å². The van der Waals surface area contributed by atoms with Crippen molar-refractivity contribution in [3.63, 3.8) is 0 Å². The second kappa shape index (κ2) is 63.4. The van der Waals surface area contributed by atoms with E-state index in [9.17, 15) is 25.2 Å². The lowest BCUT2D eigenvalue weighted by Crippen LogP contribution is -2.53. The Balaban J connectivity index is 3.58. The highest BCUT2D eigenvalue weighted by Gasteiger charge is 2.28. The summed E-state index contributed by atoms with van der Waals surface area (Å²) in [6.07, 6.45) is 81.2. The molecule has 4 unspecified atom stereocenters. The summed E-state index contributed by atoms with van der Waals surface area (Å²) < 4.78 is 0. The Morgan fingerprint density at radius 3 is 0.880 bits per heavy atom. The number of carbonyl (C=O) groups excluding carboxylic acids is 1. The normalized spacial score (nSPS) is 13.7. The molecule has 0 fully saturated rings. The Morgan fingerprint density at radius 1 is 0.333 bits per heavy atom. The van der Waals surface area contributed by atoms with Gasteiger partial charge < -0.3 is 25.7 Å². The molecular formula is C69H133NO5. The molecule has 6 nitrogen and oxygen atoms in total. The summed E-state index contributed by atoms with van der Waals surface area (Å²) in [6, 6.07) is -1.00. The summed E-state index contributed by atoms with van der Waals surface area (Å²) in [5.41, 5.74) is 0. The average Bonchev–Trinajstić information content (AvgIpc) is 3.42. The number of nitrogens with one attached hydrogen (secondary N) is 1. The third-order valence-electron chi connectivity index (χ3n) is 16.1. The van der Waals surface area contributed by atoms with Gasteiger partial charge in [-0.05, 0) is 70.6 Å². The lowest BCUT2D eigenvalue weighted by atomic mass is 10.00. The maximum Gasteiger partial charge on any atom is 0.249 e. The summed E-state index contributed by atoms with van der Waals surface area (Å²) in [7, 11) is 0. The minimum Gasteiger partial charge on any atom is -0.394 e. The van der Waals surface area contributed by atoms with E-state index in [1.54, 1.807) is 0 Å². The van der Waals surface area contributed by atoms with E-state index in [-0.39, 0.29) is 0 Å². The van der Waals surface area contributed by atoms with Crippen molar-refractivity contribution in [3.8, 4) is 0 Å². The predicted octanol–water partition coefficient (Wildman–Crippen LogP) is 20.7. The molecule has 4 atom stereocenters. The van der Waals surface area contributed by atoms with Crippen LogP contribution >= 0.6 is 0 Å². The lowest BCUT2D eigenvalue weighted by molar-refractivity contribution is -0.132. The second-order valence-electron chi connectivity index (χ2n) is 23.5. The molecule has 0 aromatic rings. The van der Waals surface area contributed by atoms with Gasteiger partial charge in [0.2, 0.25) is 5.91 Å². The number of hydrogen-bond acceptors (Lipinski definition) is 5. The molecule has 75 heavy (non-hydrogen) atoms. The van der Waals surface area contributed by atoms with Crippen LogP contribution in [0, 0.1) is 0 Å². The van der Waals surface area contributed by atoms with Gasteiger partial charge in [-0.1, -0.05) is 333 Å². The fraction of sp³-hybridized carbons (Fsp3) is 0.899. The minimum atomic E-state index is -1.28. The fourth-order valence-corrected chi connectivity index (χ4v) is 10.8. The molecule has 0 aromatic carbocycles. The Morgan fingerprint density at radius 2 is 0.587 bits per heavy atom. The van der Waals surface area contributed by atoms with Gasteiger partial charge >= 0.3 is 0 Å². The Labute approximate surface area is 468 Å². The molecule has 0 saturated heterocycles. The Hall–Kier alpha value is -1.47. The number of hydrogen-bond donors (Lipinski definition) is 5. The van der Waals surface area contributed by atoms with E-state index in [4.69, 9.17) is 0 Å². The molecular weight excluding hydrogens is 923 g/mol. The van der Waals surface area contributed by atoms with Crippen molar-refractivity contribution in [2.45, 2.75) is 391 Å². The highest BCUT2D eigenvalue weighted by atomic mass is 16.3. The van der Waals surface area contributed by atoms with Crippen LogP contribution in [0.5, 0.6) is 0 Å². The first-order valence-corrected chi connectivity index (χ1v) is 33.9. The number of allylic oxidation sites excluding steroid dienone is 6. The number of aliphatic hydroxyl groups excluding tert-OH is 4. The topological polar surface area (TPSA) is 110 Å². The average molecular weight is 1060 g/mol. The van der Waals surface area contributed by atoms with Crippen LogP contribution in [0.25, 0.3) is 0 Å². The van der Waals surface area contributed by atoms with E-state index in [1.165, 1.54) is 295 Å². The quantitative estimate of drug-likeness (QED) is 0.0308. The van der Waals surface area contributed by atoms with Crippen LogP contribution in [0.3, 0.4) is 0 Å². The standard InChI is InChI=1S/C69H133NO5/c1-3-5-7-9-11-13-15-17-19-21-23-25-27-29-30-31-32-33-34-35-36-37-39-41-43-45-47-49-51-53-55-57-59-61-63-67(73)69(75)70-65(64-71)68(74)66(72)62-60-58-56-54-52-50-48-46-44-42-40-38-28-26-24-22-20-18-16-14-12-10-8-6-4-2/h27,29,31-32,54,56,65-68,71-74H,3-26,28,30,33-53,55,57-64H2,1-2H3,(H,70,75)/b29-27-,32-31-,56-54+. The van der Waals surface area contributed by atoms with Crippen LogP contribution in [0.1, 0.15) is 367 Å². The van der Waals surface area contributed by atoms with Crippen LogP contribution in [-0.2, 0) is 4.79 Å². The number of rotatable bonds is 63. The van der Waals surface area contributed by atoms with Crippen molar-refractivity contribution < 1.29 is 25.2 Å². The smallest absolute Gasteiger partial charge is 0.249 e. The Kier molecular flexibility index (Phi) is 62.1. The molecule has 0 spiro atoms. The molecule has 0 heterocycles. The zero-order chi connectivity index (χ0) is 54.4. The van der Waals surface area contributed by atoms with E-state index >= 15 is 0 Å². The summed E-state index contributed by atoms with van der Waals surface area (Å²) in [5.74, 6) is -0.588. The van der Waals surface area contributed by atoms with Gasteiger partial charge in [0.1, 0.15) is 12.2 Å². The number of amides is 1. The van der Waals surface area contributed by atoms with Crippen molar-refractivity contribution >= 4 is 5.91 Å². The molecule has 0 rings (SSSR count). The molecule has 6 heteroatoms. The van der Waals surface area contributed by atoms with E-state index in [0.29, 0.717) is 12.8 Å². The molecule has 1 amide bonds. The van der Waals surface area contributed by atoms with Crippen LogP contribution in [-0.4, -0.2) is 57.3 Å². The SMILES string of the molecule is CCCCCCCCCCCCC/C=C\C/C=C\CCCCCCCCCCCCCCCCCCC(O)C(=O)NC(CO)C(O)C(O)CCC/C=C/CCCCCCCCCCCCCCCCCCCCCC. The number of unbranched alkanes of at least 4 members (excludes halogenated alkanes) is 48. The van der Waals surface area contributed by atoms with Crippen LogP contribution in [0.15, 0.2) is 36.5 Å². The van der Waals surface area contributed by atoms with Gasteiger partial charge in [-0.15, -0.1) is 0 Å². The monoisotopic (exact) mass is 1060 g/mol. The maximum atomic E-state index is 12.6. The second-order valence-corrected chi connectivity index (χ2v) is 23.5. The number of aliphatic hydroxyl groups is 4. The van der Waals surface area contributed by atoms with E-state index in [1.807, 2.05) is 0 Å². The molecule has 0 radical (unpaired) electrons. The van der Waals surface area contributed by atoms with Gasteiger partial charge in [0.05, 0.1) is 18.8 Å². The Bertz CT molecular complexity index is 1190. The van der Waals surface area contributed by atoms with Gasteiger partial charge in [-0.25, -0.2) is 0 Å². The van der Waals surface area contributed by atoms with Crippen molar-refractivity contribution in [2.75, 3.05) is 6.61 Å². The van der Waals surface area contributed by atoms with Gasteiger partial charge in [0, 0.05) is 0 Å². The first-order chi connectivity index (χ1) is 37.0. The van der Waals surface area contributed by atoms with Crippen LogP contribution in [0.2, 0.25) is 0 Å². The van der Waals surface area contributed by atoms with E-state index in [2.05, 4.69) is 55.6 Å². The first kappa shape index (κ1) is 73.5. The zero-order valence-corrected chi connectivity index (χ0v) is 50.6. The summed E-state index contributed by atoms with van der Waals surface area (Å²) in [5, 5.41) is 44.2. The van der Waals surface area contributed by atoms with Crippen molar-refractivity contribution in [1.82, 2.24) is 5.32 Å². The van der Waals surface area contributed by atoms with E-state index < -0.39 is 36.9 Å². The highest BCUT2D eigenvalue weighted by Crippen LogP contribution is 2.19. The predicted molar refractivity (Wildman–Crippen MR) is 330 cm³/mol. The van der Waals surface area contributed by atoms with Crippen LogP contribution in [0.4, 0.5) is 0 Å². The van der Waals surface area contributed by atoms with Crippen LogP contribution < -0.4 is 5.32 Å². The summed E-state index contributed by atoms with van der Waals surface area (Å²) in [6.45, 7) is 4.09.